The minimum atomic E-state index is -0.779. The van der Waals surface area contributed by atoms with Crippen molar-refractivity contribution in [3.05, 3.63) is 60.2 Å². The van der Waals surface area contributed by atoms with E-state index in [-0.39, 0.29) is 24.3 Å². The number of carbonyl (C=O) groups is 2. The summed E-state index contributed by atoms with van der Waals surface area (Å²) < 4.78 is 5.55. The molecule has 2 heterocycles. The maximum absolute atomic E-state index is 12.1. The van der Waals surface area contributed by atoms with Gasteiger partial charge in [0.1, 0.15) is 12.4 Å². The smallest absolute Gasteiger partial charge is 0.254 e. The van der Waals surface area contributed by atoms with Gasteiger partial charge >= 0.3 is 0 Å². The molecule has 0 saturated carbocycles. The topological polar surface area (TPSA) is 113 Å². The van der Waals surface area contributed by atoms with E-state index in [9.17, 15) is 14.7 Å². The molecule has 1 aromatic heterocycles. The van der Waals surface area contributed by atoms with E-state index < -0.39 is 12.2 Å². The van der Waals surface area contributed by atoms with E-state index in [2.05, 4.69) is 20.6 Å². The summed E-state index contributed by atoms with van der Waals surface area (Å²) in [6.45, 7) is 0.773. The lowest BCUT2D eigenvalue weighted by molar-refractivity contribution is 0.0384. The molecule has 0 spiro atoms. The Kier molecular flexibility index (Phi) is 5.88. The number of amides is 2. The molecule has 0 bridgehead atoms. The Morgan fingerprint density at radius 1 is 1.04 bits per heavy atom. The number of carbonyl (C=O) groups excluding carboxylic acids is 2. The number of ether oxygens (including phenoxy) is 1. The molecule has 0 unspecified atom stereocenters. The van der Waals surface area contributed by atoms with E-state index in [0.29, 0.717) is 24.3 Å². The van der Waals surface area contributed by atoms with Crippen molar-refractivity contribution in [2.75, 3.05) is 19.7 Å². The number of benzene rings is 1. The average Bonchev–Trinajstić information content (AvgIpc) is 3.05. The monoisotopic (exact) mass is 356 g/mol. The van der Waals surface area contributed by atoms with Crippen LogP contribution in [0.4, 0.5) is 0 Å². The zero-order valence-corrected chi connectivity index (χ0v) is 14.0. The number of nitrogens with one attached hydrogen (secondary N) is 2. The summed E-state index contributed by atoms with van der Waals surface area (Å²) in [5.41, 5.74) is 0.904. The molecule has 1 saturated heterocycles. The first-order valence-corrected chi connectivity index (χ1v) is 8.31. The maximum Gasteiger partial charge on any atom is 0.254 e. The van der Waals surface area contributed by atoms with Crippen molar-refractivity contribution >= 4 is 11.8 Å². The van der Waals surface area contributed by atoms with Crippen molar-refractivity contribution in [1.82, 2.24) is 20.6 Å². The molecule has 8 heteroatoms. The number of aliphatic hydroxyl groups excluding tert-OH is 1. The summed E-state index contributed by atoms with van der Waals surface area (Å²) in [5.74, 6) is -0.759. The maximum atomic E-state index is 12.1. The molecule has 1 fully saturated rings. The molecule has 3 rings (SSSR count). The largest absolute Gasteiger partial charge is 0.390 e. The Bertz CT molecular complexity index is 678. The van der Waals surface area contributed by atoms with Gasteiger partial charge in [0.25, 0.3) is 11.8 Å². The van der Waals surface area contributed by atoms with Crippen molar-refractivity contribution in [3.8, 4) is 0 Å². The van der Waals surface area contributed by atoms with Gasteiger partial charge in [-0.1, -0.05) is 18.2 Å². The van der Waals surface area contributed by atoms with E-state index in [4.69, 9.17) is 4.74 Å². The Balaban J connectivity index is 1.45. The molecule has 1 aromatic carbocycles. The first-order chi connectivity index (χ1) is 12.6. The van der Waals surface area contributed by atoms with Crippen LogP contribution in [0.15, 0.2) is 49.1 Å². The number of aromatic nitrogens is 2. The van der Waals surface area contributed by atoms with Crippen LogP contribution in [0, 0.1) is 5.92 Å². The van der Waals surface area contributed by atoms with Crippen LogP contribution >= 0.6 is 0 Å². The third-order valence-electron chi connectivity index (χ3n) is 4.24. The Morgan fingerprint density at radius 3 is 2.42 bits per heavy atom. The average molecular weight is 356 g/mol. The second-order valence-corrected chi connectivity index (χ2v) is 6.04. The van der Waals surface area contributed by atoms with Gasteiger partial charge < -0.3 is 20.5 Å². The molecule has 8 nitrogen and oxygen atoms in total. The standard InChI is InChI=1S/C18H20N4O4/c23-16-14(8-21-17(24)12-4-2-1-3-5-12)10-26-15(16)9-22-18(25)13-6-19-11-20-7-13/h1-7,11,14-16,23H,8-10H2,(H,21,24)(H,22,25)/t14-,15-,16+/m1/s1. The molecule has 0 aliphatic carbocycles. The van der Waals surface area contributed by atoms with Gasteiger partial charge in [0.2, 0.25) is 0 Å². The van der Waals surface area contributed by atoms with Gasteiger partial charge in [-0.3, -0.25) is 9.59 Å². The van der Waals surface area contributed by atoms with Crippen molar-refractivity contribution in [2.24, 2.45) is 5.92 Å². The first-order valence-electron chi connectivity index (χ1n) is 8.31. The van der Waals surface area contributed by atoms with Crippen LogP contribution in [0.25, 0.3) is 0 Å². The fourth-order valence-electron chi connectivity index (χ4n) is 2.73. The van der Waals surface area contributed by atoms with E-state index in [1.807, 2.05) is 6.07 Å². The van der Waals surface area contributed by atoms with Crippen LogP contribution in [0.5, 0.6) is 0 Å². The highest BCUT2D eigenvalue weighted by Gasteiger charge is 2.36. The summed E-state index contributed by atoms with van der Waals surface area (Å²) in [5, 5.41) is 15.9. The van der Waals surface area contributed by atoms with E-state index >= 15 is 0 Å². The molecular weight excluding hydrogens is 336 g/mol. The van der Waals surface area contributed by atoms with Crippen molar-refractivity contribution < 1.29 is 19.4 Å². The lowest BCUT2D eigenvalue weighted by Crippen LogP contribution is -2.41. The number of hydrogen-bond acceptors (Lipinski definition) is 6. The van der Waals surface area contributed by atoms with Gasteiger partial charge in [0.05, 0.1) is 18.3 Å². The molecule has 2 amide bonds. The molecule has 2 aromatic rings. The summed E-state index contributed by atoms with van der Waals surface area (Å²) in [7, 11) is 0. The molecule has 3 atom stereocenters. The van der Waals surface area contributed by atoms with E-state index in [1.54, 1.807) is 24.3 Å². The molecule has 3 N–H and O–H groups in total. The first kappa shape index (κ1) is 18.0. The molecule has 26 heavy (non-hydrogen) atoms. The fourth-order valence-corrected chi connectivity index (χ4v) is 2.73. The zero-order valence-electron chi connectivity index (χ0n) is 14.0. The minimum absolute atomic E-state index is 0.165. The number of aliphatic hydroxyl groups is 1. The van der Waals surface area contributed by atoms with Gasteiger partial charge in [-0.25, -0.2) is 9.97 Å². The Labute approximate surface area is 150 Å². The van der Waals surface area contributed by atoms with Crippen molar-refractivity contribution in [2.45, 2.75) is 12.2 Å². The SMILES string of the molecule is O=C(NC[C@@H]1CO[C@H](CNC(=O)c2cncnc2)[C@H]1O)c1ccccc1. The van der Waals surface area contributed by atoms with Gasteiger partial charge in [0.15, 0.2) is 0 Å². The summed E-state index contributed by atoms with van der Waals surface area (Å²) in [6.07, 6.45) is 2.86. The Morgan fingerprint density at radius 2 is 1.69 bits per heavy atom. The minimum Gasteiger partial charge on any atom is -0.390 e. The highest BCUT2D eigenvalue weighted by Crippen LogP contribution is 2.19. The number of rotatable bonds is 6. The second kappa shape index (κ2) is 8.50. The quantitative estimate of drug-likeness (QED) is 0.672. The van der Waals surface area contributed by atoms with Gasteiger partial charge in [-0.2, -0.15) is 0 Å². The number of nitrogens with zero attached hydrogens (tertiary/aromatic N) is 2. The fraction of sp³-hybridized carbons (Fsp3) is 0.333. The molecule has 1 aliphatic heterocycles. The van der Waals surface area contributed by atoms with Gasteiger partial charge in [0, 0.05) is 37.0 Å². The molecule has 0 radical (unpaired) electrons. The normalized spacial score (nSPS) is 22.0. The highest BCUT2D eigenvalue weighted by atomic mass is 16.5. The van der Waals surface area contributed by atoms with Crippen molar-refractivity contribution in [1.29, 1.82) is 0 Å². The highest BCUT2D eigenvalue weighted by molar-refractivity contribution is 5.94. The van der Waals surface area contributed by atoms with Crippen LogP contribution in [0.1, 0.15) is 20.7 Å². The molecule has 1 aliphatic rings. The summed E-state index contributed by atoms with van der Waals surface area (Å²) >= 11 is 0. The van der Waals surface area contributed by atoms with Crippen LogP contribution in [-0.4, -0.2) is 58.8 Å². The molecular formula is C18H20N4O4. The second-order valence-electron chi connectivity index (χ2n) is 6.04. The van der Waals surface area contributed by atoms with Crippen LogP contribution in [0.3, 0.4) is 0 Å². The third-order valence-corrected chi connectivity index (χ3v) is 4.24. The van der Waals surface area contributed by atoms with Gasteiger partial charge in [-0.15, -0.1) is 0 Å². The summed E-state index contributed by atoms with van der Waals surface area (Å²) in [4.78, 5) is 31.6. The zero-order chi connectivity index (χ0) is 18.4. The van der Waals surface area contributed by atoms with E-state index in [1.165, 1.54) is 18.7 Å². The van der Waals surface area contributed by atoms with E-state index in [0.717, 1.165) is 0 Å². The molecule has 136 valence electrons. The summed E-state index contributed by atoms with van der Waals surface area (Å²) in [6, 6.07) is 8.87. The predicted octanol–water partition coefficient (Wildman–Crippen LogP) is 0.0123. The van der Waals surface area contributed by atoms with Crippen LogP contribution in [-0.2, 0) is 4.74 Å². The lowest BCUT2D eigenvalue weighted by Gasteiger charge is -2.18. The number of hydrogen-bond donors (Lipinski definition) is 3. The van der Waals surface area contributed by atoms with Gasteiger partial charge in [-0.05, 0) is 12.1 Å². The van der Waals surface area contributed by atoms with Crippen LogP contribution < -0.4 is 10.6 Å². The predicted molar refractivity (Wildman–Crippen MR) is 92.4 cm³/mol. The third kappa shape index (κ3) is 4.41. The lowest BCUT2D eigenvalue weighted by atomic mass is 10.0. The van der Waals surface area contributed by atoms with Crippen LogP contribution in [0.2, 0.25) is 0 Å². The Hall–Kier alpha value is -2.84. The van der Waals surface area contributed by atoms with Crippen molar-refractivity contribution in [3.63, 3.8) is 0 Å².